The van der Waals surface area contributed by atoms with E-state index in [0.29, 0.717) is 0 Å². The van der Waals surface area contributed by atoms with Crippen molar-refractivity contribution in [1.82, 2.24) is 9.88 Å². The Kier molecular flexibility index (Phi) is 5.08. The molecular formula is C18H26N2O2. The highest BCUT2D eigenvalue weighted by molar-refractivity contribution is 5.81. The monoisotopic (exact) mass is 302 g/mol. The molecule has 1 aliphatic heterocycles. The van der Waals surface area contributed by atoms with Gasteiger partial charge in [0.2, 0.25) is 0 Å². The minimum atomic E-state index is -0.277. The van der Waals surface area contributed by atoms with Crippen molar-refractivity contribution in [3.8, 4) is 0 Å². The summed E-state index contributed by atoms with van der Waals surface area (Å²) in [6, 6.07) is 4.19. The van der Waals surface area contributed by atoms with Gasteiger partial charge in [-0.2, -0.15) is 0 Å². The average Bonchev–Trinajstić information content (AvgIpc) is 3.24. The number of rotatable bonds is 5. The highest BCUT2D eigenvalue weighted by atomic mass is 16.5. The molecule has 22 heavy (non-hydrogen) atoms. The first-order chi connectivity index (χ1) is 10.8. The predicted molar refractivity (Wildman–Crippen MR) is 85.3 cm³/mol. The number of amides is 1. The van der Waals surface area contributed by atoms with Gasteiger partial charge < -0.3 is 9.64 Å². The van der Waals surface area contributed by atoms with E-state index in [4.69, 9.17) is 4.74 Å². The van der Waals surface area contributed by atoms with Crippen LogP contribution in [-0.4, -0.2) is 34.5 Å². The topological polar surface area (TPSA) is 42.4 Å². The van der Waals surface area contributed by atoms with Gasteiger partial charge in [-0.1, -0.05) is 25.8 Å². The normalized spacial score (nSPS) is 23.9. The third kappa shape index (κ3) is 3.32. The molecule has 0 unspecified atom stereocenters. The Labute approximate surface area is 132 Å². The number of pyridine rings is 1. The van der Waals surface area contributed by atoms with E-state index in [-0.39, 0.29) is 24.2 Å². The molecule has 0 aromatic carbocycles. The molecule has 1 aromatic rings. The van der Waals surface area contributed by atoms with Gasteiger partial charge in [0, 0.05) is 18.9 Å². The molecule has 2 heterocycles. The van der Waals surface area contributed by atoms with Crippen molar-refractivity contribution in [1.29, 1.82) is 0 Å². The maximum absolute atomic E-state index is 12.9. The van der Waals surface area contributed by atoms with Crippen molar-refractivity contribution in [2.75, 3.05) is 6.54 Å². The second kappa shape index (κ2) is 7.23. The molecule has 2 fully saturated rings. The minimum Gasteiger partial charge on any atom is -0.365 e. The van der Waals surface area contributed by atoms with E-state index in [1.54, 1.807) is 6.20 Å². The third-order valence-electron chi connectivity index (χ3n) is 4.91. The summed E-state index contributed by atoms with van der Waals surface area (Å²) in [5, 5.41) is 0. The van der Waals surface area contributed by atoms with E-state index >= 15 is 0 Å². The van der Waals surface area contributed by atoms with Crippen LogP contribution in [0.2, 0.25) is 0 Å². The van der Waals surface area contributed by atoms with Crippen LogP contribution in [0.25, 0.3) is 0 Å². The maximum atomic E-state index is 12.9. The predicted octanol–water partition coefficient (Wildman–Crippen LogP) is 3.48. The van der Waals surface area contributed by atoms with Gasteiger partial charge in [0.25, 0.3) is 5.91 Å². The average molecular weight is 302 g/mol. The Morgan fingerprint density at radius 1 is 1.36 bits per heavy atom. The van der Waals surface area contributed by atoms with Crippen molar-refractivity contribution < 1.29 is 9.53 Å². The fraction of sp³-hybridized carbons (Fsp3) is 0.667. The molecule has 1 amide bonds. The molecule has 0 spiro atoms. The number of hydrogen-bond donors (Lipinski definition) is 0. The van der Waals surface area contributed by atoms with Crippen molar-refractivity contribution >= 4 is 5.91 Å². The third-order valence-corrected chi connectivity index (χ3v) is 4.91. The zero-order valence-electron chi connectivity index (χ0n) is 13.4. The molecule has 3 rings (SSSR count). The minimum absolute atomic E-state index is 0.167. The van der Waals surface area contributed by atoms with Crippen molar-refractivity contribution in [3.63, 3.8) is 0 Å². The zero-order chi connectivity index (χ0) is 15.4. The molecule has 1 saturated carbocycles. The summed E-state index contributed by atoms with van der Waals surface area (Å²) in [5.41, 5.74) is 1.14. The van der Waals surface area contributed by atoms with Crippen molar-refractivity contribution in [3.05, 3.63) is 30.1 Å². The molecule has 1 saturated heterocycles. The maximum Gasteiger partial charge on any atom is 0.252 e. The van der Waals surface area contributed by atoms with Gasteiger partial charge in [0.1, 0.15) is 6.10 Å². The number of nitrogens with zero attached hydrogens (tertiary/aromatic N) is 2. The molecule has 0 radical (unpaired) electrons. The van der Waals surface area contributed by atoms with Crippen LogP contribution < -0.4 is 0 Å². The van der Waals surface area contributed by atoms with Crippen LogP contribution in [0.4, 0.5) is 0 Å². The lowest BCUT2D eigenvalue weighted by Crippen LogP contribution is -2.41. The van der Waals surface area contributed by atoms with Gasteiger partial charge in [-0.3, -0.25) is 9.78 Å². The summed E-state index contributed by atoms with van der Waals surface area (Å²) in [6.45, 7) is 2.88. The SMILES string of the molecule is CC[C@@H](OC1CCCC1)C(=O)N1CCC[C@H]1c1cccnc1. The summed E-state index contributed by atoms with van der Waals surface area (Å²) in [6.07, 6.45) is 11.2. The number of carbonyl (C=O) groups excluding carboxylic acids is 1. The van der Waals surface area contributed by atoms with E-state index in [2.05, 4.69) is 11.1 Å². The first kappa shape index (κ1) is 15.5. The first-order valence-corrected chi connectivity index (χ1v) is 8.65. The number of aromatic nitrogens is 1. The number of carbonyl (C=O) groups is 1. The van der Waals surface area contributed by atoms with Crippen LogP contribution in [0.15, 0.2) is 24.5 Å². The Balaban J connectivity index is 1.68. The standard InChI is InChI=1S/C18H26N2O2/c1-2-17(22-15-8-3-4-9-15)18(21)20-12-6-10-16(20)14-7-5-11-19-13-14/h5,7,11,13,15-17H,2-4,6,8-10,12H2,1H3/t16-,17+/m0/s1. The lowest BCUT2D eigenvalue weighted by molar-refractivity contribution is -0.148. The molecule has 120 valence electrons. The van der Waals surface area contributed by atoms with Crippen molar-refractivity contribution in [2.24, 2.45) is 0 Å². The summed E-state index contributed by atoms with van der Waals surface area (Å²) in [7, 11) is 0. The summed E-state index contributed by atoms with van der Waals surface area (Å²) in [5.74, 6) is 0.167. The molecule has 2 aliphatic rings. The van der Waals surface area contributed by atoms with Gasteiger partial charge >= 0.3 is 0 Å². The molecule has 0 N–H and O–H groups in total. The van der Waals surface area contributed by atoms with Gasteiger partial charge in [-0.05, 0) is 43.7 Å². The molecule has 4 nitrogen and oxygen atoms in total. The summed E-state index contributed by atoms with van der Waals surface area (Å²) >= 11 is 0. The van der Waals surface area contributed by atoms with Crippen molar-refractivity contribution in [2.45, 2.75) is 70.1 Å². The molecule has 1 aliphatic carbocycles. The molecule has 1 aromatic heterocycles. The van der Waals surface area contributed by atoms with Gasteiger partial charge in [0.15, 0.2) is 0 Å². The second-order valence-corrected chi connectivity index (χ2v) is 6.42. The van der Waals surface area contributed by atoms with E-state index < -0.39 is 0 Å². The molecule has 4 heteroatoms. The summed E-state index contributed by atoms with van der Waals surface area (Å²) in [4.78, 5) is 19.1. The Hall–Kier alpha value is -1.42. The number of likely N-dealkylation sites (tertiary alicyclic amines) is 1. The molecular weight excluding hydrogens is 276 g/mol. The largest absolute Gasteiger partial charge is 0.365 e. The fourth-order valence-electron chi connectivity index (χ4n) is 3.72. The van der Waals surface area contributed by atoms with E-state index in [1.165, 1.54) is 12.8 Å². The quantitative estimate of drug-likeness (QED) is 0.836. The number of ether oxygens (including phenoxy) is 1. The van der Waals surface area contributed by atoms with Crippen LogP contribution in [-0.2, 0) is 9.53 Å². The Morgan fingerprint density at radius 2 is 2.18 bits per heavy atom. The van der Waals surface area contributed by atoms with Gasteiger partial charge in [0.05, 0.1) is 12.1 Å². The Bertz CT molecular complexity index is 485. The van der Waals surface area contributed by atoms with E-state index in [9.17, 15) is 4.79 Å². The first-order valence-electron chi connectivity index (χ1n) is 8.65. The van der Waals surface area contributed by atoms with Crippen LogP contribution in [0.3, 0.4) is 0 Å². The molecule has 2 atom stereocenters. The van der Waals surface area contributed by atoms with Crippen LogP contribution in [0.1, 0.15) is 63.5 Å². The lowest BCUT2D eigenvalue weighted by atomic mass is 10.1. The van der Waals surface area contributed by atoms with Gasteiger partial charge in [-0.25, -0.2) is 0 Å². The van der Waals surface area contributed by atoms with Crippen LogP contribution >= 0.6 is 0 Å². The smallest absolute Gasteiger partial charge is 0.252 e. The lowest BCUT2D eigenvalue weighted by Gasteiger charge is -2.30. The highest BCUT2D eigenvalue weighted by Gasteiger charge is 2.35. The van der Waals surface area contributed by atoms with E-state index in [1.807, 2.05) is 24.1 Å². The zero-order valence-corrected chi connectivity index (χ0v) is 13.4. The Morgan fingerprint density at radius 3 is 2.86 bits per heavy atom. The highest BCUT2D eigenvalue weighted by Crippen LogP contribution is 2.33. The van der Waals surface area contributed by atoms with E-state index in [0.717, 1.165) is 44.2 Å². The van der Waals surface area contributed by atoms with Crippen LogP contribution in [0.5, 0.6) is 0 Å². The number of hydrogen-bond acceptors (Lipinski definition) is 3. The van der Waals surface area contributed by atoms with Gasteiger partial charge in [-0.15, -0.1) is 0 Å². The fourth-order valence-corrected chi connectivity index (χ4v) is 3.72. The van der Waals surface area contributed by atoms with Crippen LogP contribution in [0, 0.1) is 0 Å². The molecule has 0 bridgehead atoms. The summed E-state index contributed by atoms with van der Waals surface area (Å²) < 4.78 is 6.11. The second-order valence-electron chi connectivity index (χ2n) is 6.42.